The molecule has 118 valence electrons. The highest BCUT2D eigenvalue weighted by molar-refractivity contribution is 7.57. The number of hydrogen-bond donors (Lipinski definition) is 2. The van der Waals surface area contributed by atoms with Crippen molar-refractivity contribution in [1.82, 2.24) is 0 Å². The quantitative estimate of drug-likeness (QED) is 0.373. The van der Waals surface area contributed by atoms with Crippen molar-refractivity contribution < 1.29 is 19.8 Å². The van der Waals surface area contributed by atoms with Crippen LogP contribution in [0.15, 0.2) is 0 Å². The van der Waals surface area contributed by atoms with Crippen molar-refractivity contribution in [2.45, 2.75) is 64.7 Å². The molecule has 0 aliphatic carbocycles. The molecule has 0 aliphatic heterocycles. The zero-order valence-corrected chi connectivity index (χ0v) is 13.5. The van der Waals surface area contributed by atoms with Crippen LogP contribution in [0.2, 0.25) is 0 Å². The molecule has 5 heteroatoms. The highest BCUT2D eigenvalue weighted by Gasteiger charge is 2.07. The van der Waals surface area contributed by atoms with Crippen molar-refractivity contribution in [2.24, 2.45) is 0 Å². The minimum absolute atomic E-state index is 0.0805. The second-order valence-corrected chi connectivity index (χ2v) is 7.93. The molecule has 0 unspecified atom stereocenters. The SMILES string of the molecule is CCCP(CCCCCC(=O)O)CCCCCC(=O)O. The van der Waals surface area contributed by atoms with E-state index in [0.29, 0.717) is 12.8 Å². The van der Waals surface area contributed by atoms with Gasteiger partial charge in [-0.3, -0.25) is 9.59 Å². The van der Waals surface area contributed by atoms with Gasteiger partial charge in [0.25, 0.3) is 0 Å². The first-order valence-corrected chi connectivity index (χ1v) is 9.62. The van der Waals surface area contributed by atoms with Crippen LogP contribution in [0.5, 0.6) is 0 Å². The van der Waals surface area contributed by atoms with Gasteiger partial charge in [-0.05, 0) is 44.2 Å². The molecule has 0 heterocycles. The molecule has 0 aliphatic rings. The van der Waals surface area contributed by atoms with Crippen LogP contribution in [0, 0.1) is 0 Å². The van der Waals surface area contributed by atoms with Gasteiger partial charge in [0, 0.05) is 12.8 Å². The van der Waals surface area contributed by atoms with Crippen molar-refractivity contribution >= 4 is 19.9 Å². The van der Waals surface area contributed by atoms with E-state index in [0.717, 1.165) is 38.5 Å². The Morgan fingerprint density at radius 2 is 1.20 bits per heavy atom. The molecule has 0 saturated heterocycles. The lowest BCUT2D eigenvalue weighted by atomic mass is 10.2. The number of carbonyl (C=O) groups is 2. The summed E-state index contributed by atoms with van der Waals surface area (Å²) in [5.41, 5.74) is 0. The first kappa shape index (κ1) is 19.4. The van der Waals surface area contributed by atoms with Crippen molar-refractivity contribution in [3.05, 3.63) is 0 Å². The van der Waals surface area contributed by atoms with Gasteiger partial charge in [-0.15, -0.1) is 7.92 Å². The first-order valence-electron chi connectivity index (χ1n) is 7.72. The predicted octanol–water partition coefficient (Wildman–Crippen LogP) is 4.17. The normalized spacial score (nSPS) is 10.9. The summed E-state index contributed by atoms with van der Waals surface area (Å²) in [5, 5.41) is 17.1. The van der Waals surface area contributed by atoms with E-state index in [1.54, 1.807) is 0 Å². The lowest BCUT2D eigenvalue weighted by Gasteiger charge is -2.16. The molecule has 0 spiro atoms. The van der Waals surface area contributed by atoms with E-state index in [4.69, 9.17) is 10.2 Å². The number of rotatable bonds is 14. The lowest BCUT2D eigenvalue weighted by Crippen LogP contribution is -1.98. The first-order chi connectivity index (χ1) is 9.56. The van der Waals surface area contributed by atoms with Crippen molar-refractivity contribution in [1.29, 1.82) is 0 Å². The maximum atomic E-state index is 10.4. The van der Waals surface area contributed by atoms with E-state index in [2.05, 4.69) is 6.92 Å². The molecule has 0 aromatic rings. The smallest absolute Gasteiger partial charge is 0.303 e. The van der Waals surface area contributed by atoms with Crippen LogP contribution < -0.4 is 0 Å². The standard InChI is InChI=1S/C15H29O4P/c1-2-11-20(12-7-3-5-9-14(16)17)13-8-4-6-10-15(18)19/h2-13H2,1H3,(H,16,17)(H,18,19). The van der Waals surface area contributed by atoms with E-state index in [-0.39, 0.29) is 7.92 Å². The molecular formula is C15H29O4P. The Labute approximate surface area is 123 Å². The van der Waals surface area contributed by atoms with Gasteiger partial charge in [0.15, 0.2) is 0 Å². The summed E-state index contributed by atoms with van der Waals surface area (Å²) >= 11 is 0. The molecule has 4 nitrogen and oxygen atoms in total. The maximum absolute atomic E-state index is 10.4. The van der Waals surface area contributed by atoms with Crippen molar-refractivity contribution in [3.63, 3.8) is 0 Å². The summed E-state index contributed by atoms with van der Waals surface area (Å²) in [6.07, 6.45) is 11.5. The maximum Gasteiger partial charge on any atom is 0.303 e. The second-order valence-electron chi connectivity index (χ2n) is 5.25. The Morgan fingerprint density at radius 3 is 1.55 bits per heavy atom. The molecule has 0 aromatic carbocycles. The molecule has 20 heavy (non-hydrogen) atoms. The van der Waals surface area contributed by atoms with Gasteiger partial charge >= 0.3 is 11.9 Å². The van der Waals surface area contributed by atoms with Crippen LogP contribution in [0.3, 0.4) is 0 Å². The van der Waals surface area contributed by atoms with Gasteiger partial charge < -0.3 is 10.2 Å². The van der Waals surface area contributed by atoms with Crippen LogP contribution in [0.4, 0.5) is 0 Å². The van der Waals surface area contributed by atoms with Crippen LogP contribution in [0.1, 0.15) is 64.7 Å². The van der Waals surface area contributed by atoms with Gasteiger partial charge in [0.2, 0.25) is 0 Å². The molecule has 0 fully saturated rings. The van der Waals surface area contributed by atoms with Crippen molar-refractivity contribution in [2.75, 3.05) is 18.5 Å². The monoisotopic (exact) mass is 304 g/mol. The minimum Gasteiger partial charge on any atom is -0.481 e. The van der Waals surface area contributed by atoms with E-state index < -0.39 is 11.9 Å². The third-order valence-electron chi connectivity index (χ3n) is 3.27. The van der Waals surface area contributed by atoms with Gasteiger partial charge in [0.05, 0.1) is 0 Å². The van der Waals surface area contributed by atoms with Gasteiger partial charge in [0.1, 0.15) is 0 Å². The molecule has 0 atom stereocenters. The lowest BCUT2D eigenvalue weighted by molar-refractivity contribution is -0.138. The molecule has 0 saturated carbocycles. The number of aliphatic carboxylic acids is 2. The molecule has 2 N–H and O–H groups in total. The Hall–Kier alpha value is -0.630. The molecule has 0 amide bonds. The Bertz CT molecular complexity index is 245. The summed E-state index contributed by atoms with van der Waals surface area (Å²) in [7, 11) is 0.0805. The predicted molar refractivity (Wildman–Crippen MR) is 84.0 cm³/mol. The number of unbranched alkanes of at least 4 members (excludes halogenated alkanes) is 4. The molecule has 0 bridgehead atoms. The van der Waals surface area contributed by atoms with Crippen LogP contribution in [0.25, 0.3) is 0 Å². The second kappa shape index (κ2) is 13.4. The largest absolute Gasteiger partial charge is 0.481 e. The van der Waals surface area contributed by atoms with Gasteiger partial charge in [-0.25, -0.2) is 0 Å². The van der Waals surface area contributed by atoms with E-state index >= 15 is 0 Å². The van der Waals surface area contributed by atoms with Crippen LogP contribution in [-0.2, 0) is 9.59 Å². The Balaban J connectivity index is 3.59. The zero-order chi connectivity index (χ0) is 15.2. The van der Waals surface area contributed by atoms with Crippen molar-refractivity contribution in [3.8, 4) is 0 Å². The molecule has 0 rings (SSSR count). The summed E-state index contributed by atoms with van der Waals surface area (Å²) in [4.78, 5) is 20.8. The van der Waals surface area contributed by atoms with E-state index in [1.807, 2.05) is 0 Å². The number of carboxylic acids is 2. The summed E-state index contributed by atoms with van der Waals surface area (Å²) < 4.78 is 0. The average molecular weight is 304 g/mol. The molecule has 0 aromatic heterocycles. The van der Waals surface area contributed by atoms with Crippen LogP contribution >= 0.6 is 7.92 Å². The van der Waals surface area contributed by atoms with Gasteiger partial charge in [-0.1, -0.05) is 26.2 Å². The highest BCUT2D eigenvalue weighted by atomic mass is 31.1. The summed E-state index contributed by atoms with van der Waals surface area (Å²) in [5.74, 6) is -1.39. The van der Waals surface area contributed by atoms with E-state index in [1.165, 1.54) is 24.9 Å². The third-order valence-corrected chi connectivity index (χ3v) is 6.25. The third kappa shape index (κ3) is 13.8. The average Bonchev–Trinajstić information content (AvgIpc) is 2.37. The van der Waals surface area contributed by atoms with E-state index in [9.17, 15) is 9.59 Å². The zero-order valence-electron chi connectivity index (χ0n) is 12.6. The number of hydrogen-bond acceptors (Lipinski definition) is 2. The molecular weight excluding hydrogens is 275 g/mol. The topological polar surface area (TPSA) is 74.6 Å². The number of carboxylic acid groups (broad SMARTS) is 2. The highest BCUT2D eigenvalue weighted by Crippen LogP contribution is 2.38. The Kier molecular flexibility index (Phi) is 12.9. The molecule has 0 radical (unpaired) electrons. The Morgan fingerprint density at radius 1 is 0.750 bits per heavy atom. The minimum atomic E-state index is -0.695. The summed E-state index contributed by atoms with van der Waals surface area (Å²) in [6, 6.07) is 0. The fourth-order valence-corrected chi connectivity index (χ4v) is 4.87. The van der Waals surface area contributed by atoms with Crippen LogP contribution in [-0.4, -0.2) is 40.6 Å². The summed E-state index contributed by atoms with van der Waals surface area (Å²) in [6.45, 7) is 2.21. The fourth-order valence-electron chi connectivity index (χ4n) is 2.23. The fraction of sp³-hybridized carbons (Fsp3) is 0.867. The van der Waals surface area contributed by atoms with Gasteiger partial charge in [-0.2, -0.15) is 0 Å².